The Bertz CT molecular complexity index is 866. The van der Waals surface area contributed by atoms with Gasteiger partial charge in [0.05, 0.1) is 4.90 Å². The van der Waals surface area contributed by atoms with E-state index in [-0.39, 0.29) is 10.8 Å². The molecule has 0 saturated heterocycles. The van der Waals surface area contributed by atoms with E-state index in [2.05, 4.69) is 6.07 Å². The van der Waals surface area contributed by atoms with Crippen molar-refractivity contribution in [3.05, 3.63) is 30.3 Å². The van der Waals surface area contributed by atoms with Crippen LogP contribution in [0.3, 0.4) is 0 Å². The molecule has 0 fully saturated rings. The lowest BCUT2D eigenvalue weighted by molar-refractivity contribution is 0.478. The molecule has 7 nitrogen and oxygen atoms in total. The van der Waals surface area contributed by atoms with Crippen molar-refractivity contribution in [1.29, 1.82) is 0 Å². The minimum Gasteiger partial charge on any atom is -0.507 e. The van der Waals surface area contributed by atoms with Gasteiger partial charge in [-0.2, -0.15) is 16.8 Å². The van der Waals surface area contributed by atoms with E-state index < -0.39 is 35.8 Å². The van der Waals surface area contributed by atoms with Gasteiger partial charge in [-0.3, -0.25) is 9.11 Å². The van der Waals surface area contributed by atoms with Crippen LogP contribution < -0.4 is 0 Å². The average molecular weight is 303 g/mol. The summed E-state index contributed by atoms with van der Waals surface area (Å²) < 4.78 is 62.1. The highest BCUT2D eigenvalue weighted by Gasteiger charge is 2.18. The van der Waals surface area contributed by atoms with Gasteiger partial charge in [-0.05, 0) is 18.2 Å². The van der Waals surface area contributed by atoms with Crippen LogP contribution in [-0.2, 0) is 20.2 Å². The van der Waals surface area contributed by atoms with E-state index >= 15 is 0 Å². The third-order valence-electron chi connectivity index (χ3n) is 2.43. The van der Waals surface area contributed by atoms with Gasteiger partial charge in [0.1, 0.15) is 10.6 Å². The van der Waals surface area contributed by atoms with Crippen LogP contribution in [0.5, 0.6) is 5.75 Å². The molecule has 0 aliphatic heterocycles. The molecule has 0 atom stereocenters. The Labute approximate surface area is 108 Å². The first-order valence-electron chi connectivity index (χ1n) is 4.73. The van der Waals surface area contributed by atoms with Crippen LogP contribution in [0.15, 0.2) is 34.1 Å². The molecule has 0 unspecified atom stereocenters. The summed E-state index contributed by atoms with van der Waals surface area (Å²) in [5.74, 6) is -0.507. The quantitative estimate of drug-likeness (QED) is 0.701. The Kier molecular flexibility index (Phi) is 3.01. The Hall–Kier alpha value is -1.68. The molecule has 0 amide bonds. The number of hydrogen-bond donors (Lipinski definition) is 3. The van der Waals surface area contributed by atoms with Gasteiger partial charge in [0.2, 0.25) is 0 Å². The second-order valence-corrected chi connectivity index (χ2v) is 6.47. The molecule has 0 aliphatic rings. The highest BCUT2D eigenvalue weighted by molar-refractivity contribution is 7.86. The second-order valence-electron chi connectivity index (χ2n) is 3.66. The summed E-state index contributed by atoms with van der Waals surface area (Å²) in [4.78, 5) is -1.04. The lowest BCUT2D eigenvalue weighted by atomic mass is 10.1. The Morgan fingerprint density at radius 3 is 2.11 bits per heavy atom. The number of phenols is 1. The van der Waals surface area contributed by atoms with Crippen LogP contribution in [0.2, 0.25) is 0 Å². The van der Waals surface area contributed by atoms with E-state index in [1.165, 1.54) is 0 Å². The minimum absolute atomic E-state index is 0.0915. The lowest BCUT2D eigenvalue weighted by Gasteiger charge is -2.06. The zero-order chi connectivity index (χ0) is 14.4. The Morgan fingerprint density at radius 2 is 1.58 bits per heavy atom. The van der Waals surface area contributed by atoms with Crippen molar-refractivity contribution in [3.8, 4) is 5.75 Å². The molecular formula is C10H7O7S2. The van der Waals surface area contributed by atoms with E-state index in [1.54, 1.807) is 0 Å². The first-order valence-corrected chi connectivity index (χ1v) is 7.61. The summed E-state index contributed by atoms with van der Waals surface area (Å²) in [7, 11) is -9.05. The van der Waals surface area contributed by atoms with Crippen molar-refractivity contribution < 1.29 is 31.0 Å². The van der Waals surface area contributed by atoms with Gasteiger partial charge in [0.25, 0.3) is 20.2 Å². The van der Waals surface area contributed by atoms with Gasteiger partial charge >= 0.3 is 0 Å². The predicted molar refractivity (Wildman–Crippen MR) is 64.1 cm³/mol. The zero-order valence-electron chi connectivity index (χ0n) is 9.10. The summed E-state index contributed by atoms with van der Waals surface area (Å²) >= 11 is 0. The number of fused-ring (bicyclic) bond motifs is 1. The molecule has 0 aromatic heterocycles. The minimum atomic E-state index is -4.55. The zero-order valence-corrected chi connectivity index (χ0v) is 10.7. The van der Waals surface area contributed by atoms with E-state index in [0.29, 0.717) is 0 Å². The van der Waals surface area contributed by atoms with Crippen molar-refractivity contribution in [1.82, 2.24) is 0 Å². The SMILES string of the molecule is O=S(=O)(O)c1ccc2c(S(=O)(=O)O)c[c]c(O)c2c1. The molecule has 0 spiro atoms. The molecule has 19 heavy (non-hydrogen) atoms. The topological polar surface area (TPSA) is 129 Å². The maximum Gasteiger partial charge on any atom is 0.295 e. The molecule has 2 aromatic carbocycles. The molecule has 9 heteroatoms. The van der Waals surface area contributed by atoms with Crippen LogP contribution >= 0.6 is 0 Å². The molecule has 0 bridgehead atoms. The average Bonchev–Trinajstić information content (AvgIpc) is 2.26. The first kappa shape index (κ1) is 13.7. The van der Waals surface area contributed by atoms with Crippen molar-refractivity contribution >= 4 is 31.0 Å². The van der Waals surface area contributed by atoms with Crippen LogP contribution in [0.25, 0.3) is 10.8 Å². The number of rotatable bonds is 2. The Balaban J connectivity index is 2.93. The van der Waals surface area contributed by atoms with E-state index in [0.717, 1.165) is 24.3 Å². The number of hydrogen-bond acceptors (Lipinski definition) is 5. The summed E-state index contributed by atoms with van der Waals surface area (Å²) in [6.45, 7) is 0. The second kappa shape index (κ2) is 4.17. The highest BCUT2D eigenvalue weighted by Crippen LogP contribution is 2.31. The standard InChI is InChI=1S/C10H7O7S2/c11-9-3-4-10(19(15,16)17)7-2-1-6(5-8(7)9)18(12,13)14/h1-2,4-5,11H,(H,12,13,14)(H,15,16,17). The number of aromatic hydroxyl groups is 1. The fourth-order valence-electron chi connectivity index (χ4n) is 1.60. The normalized spacial score (nSPS) is 12.7. The van der Waals surface area contributed by atoms with Gasteiger partial charge in [-0.25, -0.2) is 0 Å². The van der Waals surface area contributed by atoms with Crippen LogP contribution in [-0.4, -0.2) is 31.0 Å². The van der Waals surface area contributed by atoms with Crippen molar-refractivity contribution in [3.63, 3.8) is 0 Å². The maximum absolute atomic E-state index is 11.1. The largest absolute Gasteiger partial charge is 0.507 e. The summed E-state index contributed by atoms with van der Waals surface area (Å²) in [5.41, 5.74) is 0. The summed E-state index contributed by atoms with van der Waals surface area (Å²) in [5, 5.41) is 9.28. The fourth-order valence-corrected chi connectivity index (χ4v) is 2.77. The third-order valence-corrected chi connectivity index (χ3v) is 4.17. The third kappa shape index (κ3) is 2.54. The van der Waals surface area contributed by atoms with Gasteiger partial charge in [-0.1, -0.05) is 6.07 Å². The van der Waals surface area contributed by atoms with Crippen molar-refractivity contribution in [2.75, 3.05) is 0 Å². The van der Waals surface area contributed by atoms with Crippen molar-refractivity contribution in [2.45, 2.75) is 9.79 Å². The number of benzene rings is 2. The smallest absolute Gasteiger partial charge is 0.295 e. The first-order chi connectivity index (χ1) is 8.60. The molecule has 0 saturated carbocycles. The summed E-state index contributed by atoms with van der Waals surface area (Å²) in [6, 6.07) is 5.91. The molecule has 0 heterocycles. The van der Waals surface area contributed by atoms with Crippen LogP contribution in [0.4, 0.5) is 0 Å². The number of phenolic OH excluding ortho intramolecular Hbond substituents is 1. The van der Waals surface area contributed by atoms with Crippen LogP contribution in [0, 0.1) is 6.07 Å². The monoisotopic (exact) mass is 303 g/mol. The molecule has 0 aliphatic carbocycles. The van der Waals surface area contributed by atoms with Gasteiger partial charge in [-0.15, -0.1) is 0 Å². The summed E-state index contributed by atoms with van der Waals surface area (Å²) in [6.07, 6.45) is 0. The van der Waals surface area contributed by atoms with E-state index in [1.807, 2.05) is 0 Å². The van der Waals surface area contributed by atoms with E-state index in [4.69, 9.17) is 9.11 Å². The Morgan fingerprint density at radius 1 is 0.947 bits per heavy atom. The highest BCUT2D eigenvalue weighted by atomic mass is 32.2. The fraction of sp³-hybridized carbons (Fsp3) is 0. The molecule has 2 rings (SSSR count). The van der Waals surface area contributed by atoms with Gasteiger partial charge in [0, 0.05) is 16.8 Å². The molecule has 3 N–H and O–H groups in total. The molecule has 101 valence electrons. The van der Waals surface area contributed by atoms with E-state index in [9.17, 15) is 21.9 Å². The predicted octanol–water partition coefficient (Wildman–Crippen LogP) is 0.839. The molecule has 1 radical (unpaired) electrons. The van der Waals surface area contributed by atoms with Crippen molar-refractivity contribution in [2.24, 2.45) is 0 Å². The van der Waals surface area contributed by atoms with Crippen LogP contribution in [0.1, 0.15) is 0 Å². The van der Waals surface area contributed by atoms with Gasteiger partial charge in [0.15, 0.2) is 0 Å². The maximum atomic E-state index is 11.1. The molecule has 2 aromatic rings. The lowest BCUT2D eigenvalue weighted by Crippen LogP contribution is -2.01. The van der Waals surface area contributed by atoms with Gasteiger partial charge < -0.3 is 5.11 Å². The molecular weight excluding hydrogens is 296 g/mol.